The number of nitrogens with zero attached hydrogens (tertiary/aromatic N) is 1. The fourth-order valence-electron chi connectivity index (χ4n) is 2.12. The first kappa shape index (κ1) is 19.0. The van der Waals surface area contributed by atoms with Gasteiger partial charge < -0.3 is 9.50 Å². The van der Waals surface area contributed by atoms with E-state index in [1.165, 1.54) is 30.3 Å². The van der Waals surface area contributed by atoms with E-state index in [9.17, 15) is 23.3 Å². The smallest absolute Gasteiger partial charge is 0.339 e. The molecule has 1 N–H and O–H groups in total. The Bertz CT molecular complexity index is 1080. The first-order chi connectivity index (χ1) is 12.7. The van der Waals surface area contributed by atoms with Crippen molar-refractivity contribution in [2.75, 3.05) is 0 Å². The van der Waals surface area contributed by atoms with E-state index in [0.717, 1.165) is 17.8 Å². The summed E-state index contributed by atoms with van der Waals surface area (Å²) in [6.45, 7) is 0. The molecular weight excluding hydrogens is 412 g/mol. The molecule has 1 fully saturated rings. The minimum atomic E-state index is -4.23. The van der Waals surface area contributed by atoms with Gasteiger partial charge >= 0.3 is 10.1 Å². The van der Waals surface area contributed by atoms with Crippen LogP contribution in [0.3, 0.4) is 0 Å². The van der Waals surface area contributed by atoms with Crippen molar-refractivity contribution in [2.45, 2.75) is 4.90 Å². The second kappa shape index (κ2) is 7.47. The monoisotopic (exact) mass is 422 g/mol. The van der Waals surface area contributed by atoms with E-state index in [4.69, 9.17) is 16.4 Å². The van der Waals surface area contributed by atoms with Crippen molar-refractivity contribution in [3.8, 4) is 5.75 Å². The molecule has 0 spiro atoms. The number of nitrogens with one attached hydrogen (secondary N) is 1. The summed E-state index contributed by atoms with van der Waals surface area (Å²) in [5.41, 5.74) is 0.296. The Hall–Kier alpha value is -2.76. The summed E-state index contributed by atoms with van der Waals surface area (Å²) in [5, 5.41) is 13.3. The number of nitro groups is 1. The molecule has 11 heteroatoms. The van der Waals surface area contributed by atoms with Gasteiger partial charge in [0.25, 0.3) is 11.6 Å². The molecule has 1 heterocycles. The van der Waals surface area contributed by atoms with Crippen LogP contribution in [0.1, 0.15) is 5.56 Å². The molecule has 1 amide bonds. The Labute approximate surface area is 163 Å². The molecule has 0 atom stereocenters. The molecule has 3 rings (SSSR count). The van der Waals surface area contributed by atoms with E-state index in [1.54, 1.807) is 18.2 Å². The molecule has 0 aliphatic carbocycles. The number of thioether (sulfide) groups is 1. The van der Waals surface area contributed by atoms with Crippen LogP contribution in [0.25, 0.3) is 6.08 Å². The fraction of sp³-hybridized carbons (Fsp3) is 0. The van der Waals surface area contributed by atoms with Crippen molar-refractivity contribution in [1.29, 1.82) is 0 Å². The van der Waals surface area contributed by atoms with Crippen LogP contribution in [0.2, 0.25) is 0 Å². The number of thiocarbonyl (C=S) groups is 1. The number of nitro benzene ring substituents is 1. The van der Waals surface area contributed by atoms with Crippen LogP contribution in [0, 0.1) is 10.1 Å². The van der Waals surface area contributed by atoms with Crippen LogP contribution in [0.4, 0.5) is 5.69 Å². The minimum absolute atomic E-state index is 0.0303. The van der Waals surface area contributed by atoms with Crippen molar-refractivity contribution in [2.24, 2.45) is 0 Å². The minimum Gasteiger partial charge on any atom is -0.379 e. The molecule has 0 aromatic heterocycles. The Morgan fingerprint density at radius 1 is 1.19 bits per heavy atom. The van der Waals surface area contributed by atoms with Crippen LogP contribution in [-0.2, 0) is 14.9 Å². The van der Waals surface area contributed by atoms with Gasteiger partial charge in [0.15, 0.2) is 0 Å². The Balaban J connectivity index is 1.79. The lowest BCUT2D eigenvalue weighted by Crippen LogP contribution is -2.17. The third-order valence-electron chi connectivity index (χ3n) is 3.34. The highest BCUT2D eigenvalue weighted by Crippen LogP contribution is 2.27. The number of rotatable bonds is 5. The highest BCUT2D eigenvalue weighted by molar-refractivity contribution is 8.26. The maximum absolute atomic E-state index is 12.3. The second-order valence-corrected chi connectivity index (χ2v) is 8.48. The molecule has 1 saturated heterocycles. The molecular formula is C16H10N2O6S3. The lowest BCUT2D eigenvalue weighted by molar-refractivity contribution is -0.385. The van der Waals surface area contributed by atoms with Crippen molar-refractivity contribution in [3.63, 3.8) is 0 Å². The van der Waals surface area contributed by atoms with Crippen molar-refractivity contribution < 1.29 is 22.3 Å². The van der Waals surface area contributed by atoms with E-state index >= 15 is 0 Å². The zero-order valence-corrected chi connectivity index (χ0v) is 15.8. The molecule has 0 radical (unpaired) electrons. The predicted octanol–water partition coefficient (Wildman–Crippen LogP) is 2.85. The lowest BCUT2D eigenvalue weighted by Gasteiger charge is -2.07. The van der Waals surface area contributed by atoms with Gasteiger partial charge in [0.2, 0.25) is 0 Å². The number of non-ortho nitro benzene ring substituents is 1. The molecule has 1 aliphatic heterocycles. The first-order valence-electron chi connectivity index (χ1n) is 7.28. The van der Waals surface area contributed by atoms with Gasteiger partial charge in [0.05, 0.1) is 9.83 Å². The summed E-state index contributed by atoms with van der Waals surface area (Å²) in [6.07, 6.45) is 1.61. The van der Waals surface area contributed by atoms with Gasteiger partial charge in [0, 0.05) is 12.1 Å². The summed E-state index contributed by atoms with van der Waals surface area (Å²) < 4.78 is 30.0. The van der Waals surface area contributed by atoms with E-state index in [0.29, 0.717) is 14.8 Å². The SMILES string of the molecule is O=C1NC(=S)SC1=Cc1ccc(OS(=O)(=O)c2cccc([N+](=O)[O-])c2)cc1. The summed E-state index contributed by atoms with van der Waals surface area (Å²) >= 11 is 6.04. The number of benzene rings is 2. The van der Waals surface area contributed by atoms with Crippen LogP contribution < -0.4 is 9.50 Å². The highest BCUT2D eigenvalue weighted by atomic mass is 32.2. The maximum Gasteiger partial charge on any atom is 0.339 e. The molecule has 2 aromatic carbocycles. The average Bonchev–Trinajstić information content (AvgIpc) is 2.93. The topological polar surface area (TPSA) is 116 Å². The van der Waals surface area contributed by atoms with Gasteiger partial charge in [-0.25, -0.2) is 0 Å². The van der Waals surface area contributed by atoms with E-state index in [-0.39, 0.29) is 22.2 Å². The zero-order valence-electron chi connectivity index (χ0n) is 13.3. The number of hydrogen-bond acceptors (Lipinski definition) is 8. The lowest BCUT2D eigenvalue weighted by atomic mass is 10.2. The molecule has 2 aromatic rings. The quantitative estimate of drug-likeness (QED) is 0.257. The third-order valence-corrected chi connectivity index (χ3v) is 5.75. The number of carbonyl (C=O) groups excluding carboxylic acids is 1. The van der Waals surface area contributed by atoms with Gasteiger partial charge in [-0.15, -0.1) is 0 Å². The van der Waals surface area contributed by atoms with Gasteiger partial charge in [0.1, 0.15) is 15.0 Å². The summed E-state index contributed by atoms with van der Waals surface area (Å²) in [7, 11) is -4.23. The maximum atomic E-state index is 12.3. The van der Waals surface area contributed by atoms with Crippen LogP contribution in [0.15, 0.2) is 58.3 Å². The average molecular weight is 422 g/mol. The summed E-state index contributed by atoms with van der Waals surface area (Å²) in [5.74, 6) is -0.263. The van der Waals surface area contributed by atoms with Crippen molar-refractivity contribution in [3.05, 3.63) is 69.1 Å². The van der Waals surface area contributed by atoms with E-state index in [2.05, 4.69) is 5.32 Å². The fourth-order valence-corrected chi connectivity index (χ4v) is 4.13. The second-order valence-electron chi connectivity index (χ2n) is 5.21. The van der Waals surface area contributed by atoms with Gasteiger partial charge in [-0.05, 0) is 29.8 Å². The molecule has 8 nitrogen and oxygen atoms in total. The van der Waals surface area contributed by atoms with Crippen LogP contribution in [-0.4, -0.2) is 23.6 Å². The predicted molar refractivity (Wildman–Crippen MR) is 104 cm³/mol. The number of hydrogen-bond donors (Lipinski definition) is 1. The normalized spacial score (nSPS) is 15.6. The Morgan fingerprint density at radius 3 is 2.48 bits per heavy atom. The van der Waals surface area contributed by atoms with Crippen LogP contribution in [0.5, 0.6) is 5.75 Å². The van der Waals surface area contributed by atoms with Crippen LogP contribution >= 0.6 is 24.0 Å². The standard InChI is InChI=1S/C16H10N2O6S3/c19-15-14(26-16(25)17-15)8-10-4-6-12(7-5-10)24-27(22,23)13-3-1-2-11(9-13)18(20)21/h1-9H,(H,17,19,25). The first-order valence-corrected chi connectivity index (χ1v) is 9.92. The summed E-state index contributed by atoms with van der Waals surface area (Å²) in [4.78, 5) is 21.8. The van der Waals surface area contributed by atoms with E-state index < -0.39 is 15.0 Å². The number of amides is 1. The zero-order chi connectivity index (χ0) is 19.6. The molecule has 0 saturated carbocycles. The molecule has 1 aliphatic rings. The van der Waals surface area contributed by atoms with Crippen molar-refractivity contribution in [1.82, 2.24) is 5.32 Å². The van der Waals surface area contributed by atoms with Gasteiger partial charge in [-0.2, -0.15) is 8.42 Å². The molecule has 0 unspecified atom stereocenters. The Kier molecular flexibility index (Phi) is 5.26. The summed E-state index contributed by atoms with van der Waals surface area (Å²) in [6, 6.07) is 10.5. The van der Waals surface area contributed by atoms with Gasteiger partial charge in [-0.3, -0.25) is 14.9 Å². The van der Waals surface area contributed by atoms with E-state index in [1.807, 2.05) is 0 Å². The molecule has 0 bridgehead atoms. The third kappa shape index (κ3) is 4.51. The largest absolute Gasteiger partial charge is 0.379 e. The molecule has 27 heavy (non-hydrogen) atoms. The highest BCUT2D eigenvalue weighted by Gasteiger charge is 2.22. The number of carbonyl (C=O) groups is 1. The van der Waals surface area contributed by atoms with Crippen molar-refractivity contribution >= 4 is 56.1 Å². The Morgan fingerprint density at radius 2 is 1.89 bits per heavy atom. The van der Waals surface area contributed by atoms with Gasteiger partial charge in [-0.1, -0.05) is 42.2 Å². The molecule has 138 valence electrons.